The molecule has 0 heterocycles. The van der Waals surface area contributed by atoms with Crippen molar-refractivity contribution in [1.82, 2.24) is 0 Å². The third-order valence-corrected chi connectivity index (χ3v) is 3.38. The average molecular weight is 218 g/mol. The summed E-state index contributed by atoms with van der Waals surface area (Å²) in [5.74, 6) is 0. The second-order valence-electron chi connectivity index (χ2n) is 3.58. The van der Waals surface area contributed by atoms with Gasteiger partial charge < -0.3 is 9.05 Å². The van der Waals surface area contributed by atoms with Crippen LogP contribution in [0.3, 0.4) is 0 Å². The van der Waals surface area contributed by atoms with Crippen molar-refractivity contribution in [3.63, 3.8) is 0 Å². The van der Waals surface area contributed by atoms with Crippen molar-refractivity contribution >= 4 is 16.4 Å². The van der Waals surface area contributed by atoms with Gasteiger partial charge in [-0.3, -0.25) is 0 Å². The van der Waals surface area contributed by atoms with Gasteiger partial charge in [0, 0.05) is 0 Å². The monoisotopic (exact) mass is 218 g/mol. The normalized spacial score (nSPS) is 11.2. The lowest BCUT2D eigenvalue weighted by molar-refractivity contribution is 0.278. The first kappa shape index (κ1) is 13.1. The van der Waals surface area contributed by atoms with Gasteiger partial charge in [0.25, 0.3) is 8.38 Å². The number of hydrogen-bond acceptors (Lipinski definition) is 2. The maximum Gasteiger partial charge on any atom is 0.256 e. The van der Waals surface area contributed by atoms with Gasteiger partial charge in [-0.2, -0.15) is 0 Å². The van der Waals surface area contributed by atoms with Gasteiger partial charge in [-0.05, 0) is 19.5 Å². The molecule has 0 saturated heterocycles. The van der Waals surface area contributed by atoms with Gasteiger partial charge in [-0.1, -0.05) is 19.6 Å². The van der Waals surface area contributed by atoms with Crippen LogP contribution in [0.4, 0.5) is 0 Å². The Balaban J connectivity index is 4.12. The summed E-state index contributed by atoms with van der Waals surface area (Å²) in [6.07, 6.45) is 0. The Morgan fingerprint density at radius 2 is 1.54 bits per heavy atom. The number of hydrogen-bond donors (Lipinski definition) is 0. The lowest BCUT2D eigenvalue weighted by atomic mass is 10.9. The molecule has 13 heavy (non-hydrogen) atoms. The van der Waals surface area contributed by atoms with E-state index in [1.165, 1.54) is 0 Å². The van der Waals surface area contributed by atoms with E-state index in [1.54, 1.807) is 0 Å². The fraction of sp³-hybridized carbons (Fsp3) is 0.778. The average Bonchev–Trinajstić information content (AvgIpc) is 2.00. The van der Waals surface area contributed by atoms with Crippen LogP contribution in [0.5, 0.6) is 0 Å². The van der Waals surface area contributed by atoms with Crippen LogP contribution in [0.25, 0.3) is 0 Å². The van der Waals surface area contributed by atoms with E-state index >= 15 is 0 Å². The zero-order valence-electron chi connectivity index (χ0n) is 9.18. The third-order valence-electron chi connectivity index (χ3n) is 1.01. The summed E-state index contributed by atoms with van der Waals surface area (Å²) >= 11 is 0. The molecule has 0 aliphatic rings. The van der Waals surface area contributed by atoms with Crippen molar-refractivity contribution < 1.29 is 9.05 Å². The molecule has 0 unspecified atom stereocenters. The Morgan fingerprint density at radius 1 is 1.08 bits per heavy atom. The predicted molar refractivity (Wildman–Crippen MR) is 61.3 cm³/mol. The van der Waals surface area contributed by atoms with E-state index in [1.807, 2.05) is 13.8 Å². The largest absolute Gasteiger partial charge is 0.325 e. The minimum atomic E-state index is -1.28. The SMILES string of the molecule is CCOP(C#C[Si](C)(C)C)OCC. The Hall–Kier alpha value is 0.127. The molecule has 0 rings (SSSR count). The number of rotatable bonds is 4. The van der Waals surface area contributed by atoms with Crippen LogP contribution < -0.4 is 0 Å². The first-order valence-corrected chi connectivity index (χ1v) is 9.26. The zero-order valence-corrected chi connectivity index (χ0v) is 11.1. The molecule has 0 amide bonds. The van der Waals surface area contributed by atoms with Crippen molar-refractivity contribution in [2.45, 2.75) is 33.5 Å². The van der Waals surface area contributed by atoms with Crippen LogP contribution in [0.15, 0.2) is 0 Å². The standard InChI is InChI=1S/C9H19O2PSi/c1-6-10-12(11-7-2)8-9-13(3,4)5/h6-7H2,1-5H3. The molecule has 4 heteroatoms. The van der Waals surface area contributed by atoms with Gasteiger partial charge in [0.05, 0.1) is 13.2 Å². The second-order valence-corrected chi connectivity index (χ2v) is 9.58. The first-order chi connectivity index (χ1) is 5.99. The third kappa shape index (κ3) is 8.46. The maximum atomic E-state index is 5.37. The van der Waals surface area contributed by atoms with Gasteiger partial charge in [-0.15, -0.1) is 5.54 Å². The van der Waals surface area contributed by atoms with Crippen LogP contribution in [0, 0.1) is 11.2 Å². The fourth-order valence-electron chi connectivity index (χ4n) is 0.550. The molecular weight excluding hydrogens is 199 g/mol. The van der Waals surface area contributed by atoms with Crippen molar-refractivity contribution in [3.05, 3.63) is 0 Å². The smallest absolute Gasteiger partial charge is 0.256 e. The highest BCUT2D eigenvalue weighted by Gasteiger charge is 2.10. The highest BCUT2D eigenvalue weighted by Crippen LogP contribution is 2.36. The van der Waals surface area contributed by atoms with Crippen LogP contribution in [0.2, 0.25) is 19.6 Å². The zero-order chi connectivity index (χ0) is 10.3. The fourth-order valence-corrected chi connectivity index (χ4v) is 2.93. The Labute approximate surface area is 83.9 Å². The molecule has 0 saturated carbocycles. The van der Waals surface area contributed by atoms with E-state index in [0.717, 1.165) is 0 Å². The van der Waals surface area contributed by atoms with Gasteiger partial charge in [0.15, 0.2) is 0 Å². The van der Waals surface area contributed by atoms with Gasteiger partial charge in [0.2, 0.25) is 0 Å². The summed E-state index contributed by atoms with van der Waals surface area (Å²) in [5, 5.41) is 0. The van der Waals surface area contributed by atoms with E-state index in [9.17, 15) is 0 Å². The second kappa shape index (κ2) is 6.56. The van der Waals surface area contributed by atoms with Crippen molar-refractivity contribution in [2.24, 2.45) is 0 Å². The molecule has 0 aliphatic heterocycles. The minimum absolute atomic E-state index is 0.673. The summed E-state index contributed by atoms with van der Waals surface area (Å²) < 4.78 is 10.7. The predicted octanol–water partition coefficient (Wildman–Crippen LogP) is 3.21. The van der Waals surface area contributed by atoms with Crippen LogP contribution in [0.1, 0.15) is 13.8 Å². The van der Waals surface area contributed by atoms with Crippen molar-refractivity contribution in [3.8, 4) is 11.2 Å². The summed E-state index contributed by atoms with van der Waals surface area (Å²) in [6, 6.07) is 0. The molecule has 0 aromatic heterocycles. The molecule has 0 bridgehead atoms. The topological polar surface area (TPSA) is 18.5 Å². The van der Waals surface area contributed by atoms with Gasteiger partial charge >= 0.3 is 0 Å². The molecule has 0 N–H and O–H groups in total. The Morgan fingerprint density at radius 3 is 1.85 bits per heavy atom. The molecule has 0 aromatic rings. The Bertz CT molecular complexity index is 184. The molecule has 0 spiro atoms. The molecule has 76 valence electrons. The summed E-state index contributed by atoms with van der Waals surface area (Å²) in [6.45, 7) is 11.9. The minimum Gasteiger partial charge on any atom is -0.325 e. The highest BCUT2D eigenvalue weighted by molar-refractivity contribution is 7.53. The molecular formula is C9H19O2PSi. The van der Waals surface area contributed by atoms with Crippen molar-refractivity contribution in [2.75, 3.05) is 13.2 Å². The molecule has 0 aliphatic carbocycles. The highest BCUT2D eigenvalue weighted by atomic mass is 31.2. The van der Waals surface area contributed by atoms with E-state index < -0.39 is 16.4 Å². The first-order valence-electron chi connectivity index (χ1n) is 4.58. The lowest BCUT2D eigenvalue weighted by Crippen LogP contribution is -2.16. The summed E-state index contributed by atoms with van der Waals surface area (Å²) in [5.41, 5.74) is 6.35. The molecule has 0 aromatic carbocycles. The van der Waals surface area contributed by atoms with Crippen LogP contribution in [-0.2, 0) is 9.05 Å². The van der Waals surface area contributed by atoms with E-state index in [2.05, 4.69) is 30.8 Å². The molecule has 2 nitrogen and oxygen atoms in total. The lowest BCUT2D eigenvalue weighted by Gasteiger charge is -2.10. The Kier molecular flexibility index (Phi) is 6.63. The van der Waals surface area contributed by atoms with Gasteiger partial charge in [-0.25, -0.2) is 0 Å². The van der Waals surface area contributed by atoms with Crippen LogP contribution in [-0.4, -0.2) is 21.3 Å². The van der Waals surface area contributed by atoms with E-state index in [0.29, 0.717) is 13.2 Å². The molecule has 0 atom stereocenters. The summed E-state index contributed by atoms with van der Waals surface area (Å²) in [4.78, 5) is 0. The van der Waals surface area contributed by atoms with E-state index in [-0.39, 0.29) is 0 Å². The van der Waals surface area contributed by atoms with Crippen LogP contribution >= 0.6 is 8.38 Å². The van der Waals surface area contributed by atoms with Crippen molar-refractivity contribution in [1.29, 1.82) is 0 Å². The quantitative estimate of drug-likeness (QED) is 0.410. The van der Waals surface area contributed by atoms with E-state index in [4.69, 9.17) is 9.05 Å². The molecule has 0 radical (unpaired) electrons. The van der Waals surface area contributed by atoms with Gasteiger partial charge in [0.1, 0.15) is 8.07 Å². The molecule has 0 fully saturated rings. The summed E-state index contributed by atoms with van der Waals surface area (Å²) in [7, 11) is -2.23. The maximum absolute atomic E-state index is 5.37.